The van der Waals surface area contributed by atoms with E-state index in [-0.39, 0.29) is 6.79 Å². The molecule has 2 aromatic carbocycles. The van der Waals surface area contributed by atoms with Gasteiger partial charge in [-0.3, -0.25) is 0 Å². The minimum absolute atomic E-state index is 0.278. The zero-order valence-electron chi connectivity index (χ0n) is 11.0. The predicted octanol–water partition coefficient (Wildman–Crippen LogP) is 3.80. The van der Waals surface area contributed by atoms with Crippen molar-refractivity contribution in [3.8, 4) is 17.2 Å². The highest BCUT2D eigenvalue weighted by molar-refractivity contribution is 9.10. The van der Waals surface area contributed by atoms with Crippen LogP contribution in [-0.4, -0.2) is 13.9 Å². The van der Waals surface area contributed by atoms with Crippen LogP contribution >= 0.6 is 15.9 Å². The third-order valence-electron chi connectivity index (χ3n) is 3.05. The van der Waals surface area contributed by atoms with Gasteiger partial charge in [0.05, 0.1) is 11.6 Å². The molecule has 0 saturated carbocycles. The van der Waals surface area contributed by atoms with E-state index in [1.807, 2.05) is 36.4 Å². The molecule has 0 bridgehead atoms. The van der Waals surface area contributed by atoms with E-state index < -0.39 is 0 Å². The number of benzene rings is 2. The summed E-state index contributed by atoms with van der Waals surface area (Å²) < 4.78 is 16.9. The summed E-state index contributed by atoms with van der Waals surface area (Å²) in [6, 6.07) is 11.9. The average Bonchev–Trinajstić information content (AvgIpc) is 2.94. The Balaban J connectivity index is 1.73. The fraction of sp³-hybridized carbons (Fsp3) is 0.200. The van der Waals surface area contributed by atoms with Crippen molar-refractivity contribution < 1.29 is 14.2 Å². The highest BCUT2D eigenvalue weighted by Gasteiger charge is 2.17. The number of rotatable bonds is 4. The molecule has 0 atom stereocenters. The van der Waals surface area contributed by atoms with Crippen molar-refractivity contribution in [2.24, 2.45) is 0 Å². The van der Waals surface area contributed by atoms with Gasteiger partial charge in [-0.1, -0.05) is 6.07 Å². The van der Waals surface area contributed by atoms with Crippen molar-refractivity contribution in [2.45, 2.75) is 6.54 Å². The third kappa shape index (κ3) is 2.67. The van der Waals surface area contributed by atoms with Gasteiger partial charge in [-0.2, -0.15) is 0 Å². The molecule has 0 saturated heterocycles. The van der Waals surface area contributed by atoms with E-state index in [1.54, 1.807) is 7.11 Å². The quantitative estimate of drug-likeness (QED) is 0.922. The van der Waals surface area contributed by atoms with E-state index in [1.165, 1.54) is 0 Å². The molecule has 1 N–H and O–H groups in total. The Kier molecular flexibility index (Phi) is 3.69. The highest BCUT2D eigenvalue weighted by Crippen LogP contribution is 2.40. The van der Waals surface area contributed by atoms with Crippen LogP contribution in [-0.2, 0) is 6.54 Å². The molecule has 0 aromatic heterocycles. The van der Waals surface area contributed by atoms with Crippen molar-refractivity contribution in [2.75, 3.05) is 19.2 Å². The Labute approximate surface area is 125 Å². The maximum Gasteiger partial charge on any atom is 0.231 e. The normalized spacial score (nSPS) is 12.3. The SMILES string of the molecule is COc1cccc(NCc2cc(Br)c3c(c2)OCO3)c1. The zero-order valence-corrected chi connectivity index (χ0v) is 12.6. The molecular weight excluding hydrogens is 322 g/mol. The van der Waals surface area contributed by atoms with Crippen LogP contribution in [0.4, 0.5) is 5.69 Å². The van der Waals surface area contributed by atoms with Gasteiger partial charge in [0.1, 0.15) is 5.75 Å². The standard InChI is InChI=1S/C15H14BrNO3/c1-18-12-4-2-3-11(7-12)17-8-10-5-13(16)15-14(6-10)19-9-20-15/h2-7,17H,8-9H2,1H3. The molecule has 20 heavy (non-hydrogen) atoms. The first-order valence-corrected chi connectivity index (χ1v) is 7.01. The summed E-state index contributed by atoms with van der Waals surface area (Å²) in [6.45, 7) is 0.975. The van der Waals surface area contributed by atoms with Crippen LogP contribution in [0.2, 0.25) is 0 Å². The van der Waals surface area contributed by atoms with Crippen molar-refractivity contribution in [1.29, 1.82) is 0 Å². The number of methoxy groups -OCH3 is 1. The Morgan fingerprint density at radius 2 is 2.15 bits per heavy atom. The maximum absolute atomic E-state index is 5.41. The number of hydrogen-bond acceptors (Lipinski definition) is 4. The van der Waals surface area contributed by atoms with E-state index in [0.717, 1.165) is 33.0 Å². The summed E-state index contributed by atoms with van der Waals surface area (Å²) in [7, 11) is 1.66. The van der Waals surface area contributed by atoms with Crippen molar-refractivity contribution in [1.82, 2.24) is 0 Å². The van der Waals surface area contributed by atoms with E-state index in [9.17, 15) is 0 Å². The summed E-state index contributed by atoms with van der Waals surface area (Å²) in [5.74, 6) is 2.39. The van der Waals surface area contributed by atoms with Gasteiger partial charge in [-0.15, -0.1) is 0 Å². The Morgan fingerprint density at radius 1 is 1.25 bits per heavy atom. The molecule has 1 heterocycles. The van der Waals surface area contributed by atoms with Gasteiger partial charge in [0.2, 0.25) is 6.79 Å². The van der Waals surface area contributed by atoms with Gasteiger partial charge in [0.25, 0.3) is 0 Å². The minimum atomic E-state index is 0.278. The summed E-state index contributed by atoms with van der Waals surface area (Å²) in [4.78, 5) is 0. The average molecular weight is 336 g/mol. The second-order valence-electron chi connectivity index (χ2n) is 4.40. The van der Waals surface area contributed by atoms with E-state index >= 15 is 0 Å². The Hall–Kier alpha value is -1.88. The molecule has 0 spiro atoms. The first kappa shape index (κ1) is 13.1. The van der Waals surface area contributed by atoms with Gasteiger partial charge in [0.15, 0.2) is 11.5 Å². The fourth-order valence-corrected chi connectivity index (χ4v) is 2.66. The molecule has 5 heteroatoms. The number of fused-ring (bicyclic) bond motifs is 1. The summed E-state index contributed by atoms with van der Waals surface area (Å²) in [6.07, 6.45) is 0. The van der Waals surface area contributed by atoms with Crippen LogP contribution in [0.5, 0.6) is 17.2 Å². The summed E-state index contributed by atoms with van der Waals surface area (Å²) in [5.41, 5.74) is 2.13. The zero-order chi connectivity index (χ0) is 13.9. The smallest absolute Gasteiger partial charge is 0.231 e. The predicted molar refractivity (Wildman–Crippen MR) is 80.6 cm³/mol. The van der Waals surface area contributed by atoms with Crippen LogP contribution in [0.15, 0.2) is 40.9 Å². The molecule has 0 unspecified atom stereocenters. The van der Waals surface area contributed by atoms with Crippen LogP contribution in [0.1, 0.15) is 5.56 Å². The summed E-state index contributed by atoms with van der Waals surface area (Å²) in [5, 5.41) is 3.36. The lowest BCUT2D eigenvalue weighted by Crippen LogP contribution is -1.99. The highest BCUT2D eigenvalue weighted by atomic mass is 79.9. The maximum atomic E-state index is 5.41. The lowest BCUT2D eigenvalue weighted by Gasteiger charge is -2.09. The van der Waals surface area contributed by atoms with E-state index in [4.69, 9.17) is 14.2 Å². The molecule has 0 amide bonds. The molecule has 0 aliphatic carbocycles. The largest absolute Gasteiger partial charge is 0.497 e. The molecule has 104 valence electrons. The van der Waals surface area contributed by atoms with Gasteiger partial charge < -0.3 is 19.5 Å². The molecule has 2 aromatic rings. The molecular formula is C15H14BrNO3. The van der Waals surface area contributed by atoms with E-state index in [2.05, 4.69) is 21.2 Å². The van der Waals surface area contributed by atoms with Crippen LogP contribution in [0.3, 0.4) is 0 Å². The summed E-state index contributed by atoms with van der Waals surface area (Å²) >= 11 is 3.49. The second kappa shape index (κ2) is 5.63. The van der Waals surface area contributed by atoms with Gasteiger partial charge in [0, 0.05) is 18.3 Å². The number of anilines is 1. The number of ether oxygens (including phenoxy) is 3. The second-order valence-corrected chi connectivity index (χ2v) is 5.25. The first-order chi connectivity index (χ1) is 9.76. The number of nitrogens with one attached hydrogen (secondary N) is 1. The fourth-order valence-electron chi connectivity index (χ4n) is 2.06. The van der Waals surface area contributed by atoms with Gasteiger partial charge in [-0.05, 0) is 45.8 Å². The molecule has 4 nitrogen and oxygen atoms in total. The van der Waals surface area contributed by atoms with Crippen LogP contribution in [0.25, 0.3) is 0 Å². The van der Waals surface area contributed by atoms with Crippen molar-refractivity contribution >= 4 is 21.6 Å². The first-order valence-electron chi connectivity index (χ1n) is 6.22. The van der Waals surface area contributed by atoms with Crippen LogP contribution < -0.4 is 19.5 Å². The van der Waals surface area contributed by atoms with Crippen molar-refractivity contribution in [3.63, 3.8) is 0 Å². The molecule has 0 radical (unpaired) electrons. The van der Waals surface area contributed by atoms with E-state index in [0.29, 0.717) is 6.54 Å². The van der Waals surface area contributed by atoms with Gasteiger partial charge in [-0.25, -0.2) is 0 Å². The Morgan fingerprint density at radius 3 is 3.00 bits per heavy atom. The molecule has 1 aliphatic rings. The topological polar surface area (TPSA) is 39.7 Å². The lowest BCUT2D eigenvalue weighted by atomic mass is 10.2. The molecule has 0 fully saturated rings. The third-order valence-corrected chi connectivity index (χ3v) is 3.64. The monoisotopic (exact) mass is 335 g/mol. The number of halogens is 1. The lowest BCUT2D eigenvalue weighted by molar-refractivity contribution is 0.173. The van der Waals surface area contributed by atoms with Gasteiger partial charge >= 0.3 is 0 Å². The molecule has 1 aliphatic heterocycles. The number of hydrogen-bond donors (Lipinski definition) is 1. The minimum Gasteiger partial charge on any atom is -0.497 e. The van der Waals surface area contributed by atoms with Crippen molar-refractivity contribution in [3.05, 3.63) is 46.4 Å². The van der Waals surface area contributed by atoms with Crippen LogP contribution in [0, 0.1) is 0 Å². The Bertz CT molecular complexity index is 631. The molecule has 3 rings (SSSR count).